The van der Waals surface area contributed by atoms with Crippen molar-refractivity contribution in [3.05, 3.63) is 0 Å². The minimum absolute atomic E-state index is 0.240. The highest BCUT2D eigenvalue weighted by molar-refractivity contribution is 5.94. The average Bonchev–Trinajstić information content (AvgIpc) is 2.35. The van der Waals surface area contributed by atoms with Crippen LogP contribution in [0.5, 0.6) is 0 Å². The number of primary amides is 1. The van der Waals surface area contributed by atoms with Gasteiger partial charge in [-0.15, -0.1) is 0 Å². The number of hydrogen-bond acceptors (Lipinski definition) is 5. The first-order chi connectivity index (χ1) is 9.11. The Hall–Kier alpha value is -1.18. The maximum Gasteiger partial charge on any atom is 0.318 e. The Labute approximate surface area is 114 Å². The lowest BCUT2D eigenvalue weighted by molar-refractivity contribution is -0.121. The van der Waals surface area contributed by atoms with Crippen molar-refractivity contribution in [2.24, 2.45) is 11.5 Å². The number of piperazine rings is 1. The minimum Gasteiger partial charge on any atom is -0.351 e. The molecule has 1 heterocycles. The zero-order valence-electron chi connectivity index (χ0n) is 11.4. The first-order valence-electron chi connectivity index (χ1n) is 6.86. The lowest BCUT2D eigenvalue weighted by atomic mass is 10.2. The van der Waals surface area contributed by atoms with Crippen LogP contribution in [-0.4, -0.2) is 67.6 Å². The third-order valence-corrected chi connectivity index (χ3v) is 3.27. The standard InChI is InChI=1S/C12H25N5O2/c13-4-2-1-3-5-16-6-8-17(9-7-16)10-11(18)15-12(14)19/h1-10,13H2,(H3,14,15,18,19). The number of urea groups is 1. The number of rotatable bonds is 7. The molecule has 0 saturated carbocycles. The molecule has 0 atom stereocenters. The van der Waals surface area contributed by atoms with Gasteiger partial charge in [-0.25, -0.2) is 4.79 Å². The summed E-state index contributed by atoms with van der Waals surface area (Å²) in [7, 11) is 0. The van der Waals surface area contributed by atoms with Crippen molar-refractivity contribution in [1.29, 1.82) is 0 Å². The fourth-order valence-electron chi connectivity index (χ4n) is 2.21. The molecule has 0 unspecified atom stereocenters. The second-order valence-corrected chi connectivity index (χ2v) is 4.88. The van der Waals surface area contributed by atoms with E-state index in [1.807, 2.05) is 4.90 Å². The predicted octanol–water partition coefficient (Wildman–Crippen LogP) is -1.07. The molecule has 0 bridgehead atoms. The molecule has 0 aliphatic carbocycles. The van der Waals surface area contributed by atoms with Crippen LogP contribution in [0.3, 0.4) is 0 Å². The van der Waals surface area contributed by atoms with Crippen molar-refractivity contribution >= 4 is 11.9 Å². The summed E-state index contributed by atoms with van der Waals surface area (Å²) < 4.78 is 0. The number of carbonyl (C=O) groups excluding carboxylic acids is 2. The van der Waals surface area contributed by atoms with Crippen LogP contribution in [0.25, 0.3) is 0 Å². The van der Waals surface area contributed by atoms with E-state index in [9.17, 15) is 9.59 Å². The largest absolute Gasteiger partial charge is 0.351 e. The van der Waals surface area contributed by atoms with E-state index >= 15 is 0 Å². The summed E-state index contributed by atoms with van der Waals surface area (Å²) in [6.45, 7) is 5.74. The highest BCUT2D eigenvalue weighted by Gasteiger charge is 2.18. The number of hydrogen-bond donors (Lipinski definition) is 3. The van der Waals surface area contributed by atoms with Crippen LogP contribution >= 0.6 is 0 Å². The molecule has 3 amide bonds. The monoisotopic (exact) mass is 271 g/mol. The summed E-state index contributed by atoms with van der Waals surface area (Å²) in [4.78, 5) is 26.3. The summed E-state index contributed by atoms with van der Waals surface area (Å²) in [6, 6.07) is -0.788. The van der Waals surface area contributed by atoms with E-state index in [1.54, 1.807) is 0 Å². The predicted molar refractivity (Wildman–Crippen MR) is 73.5 cm³/mol. The Kier molecular flexibility index (Phi) is 7.39. The van der Waals surface area contributed by atoms with E-state index in [-0.39, 0.29) is 12.5 Å². The molecule has 0 aromatic rings. The van der Waals surface area contributed by atoms with Crippen LogP contribution in [0, 0.1) is 0 Å². The smallest absolute Gasteiger partial charge is 0.318 e. The number of unbranched alkanes of at least 4 members (excludes halogenated alkanes) is 2. The van der Waals surface area contributed by atoms with Crippen LogP contribution in [0.1, 0.15) is 19.3 Å². The van der Waals surface area contributed by atoms with Crippen LogP contribution in [0.15, 0.2) is 0 Å². The molecule has 0 spiro atoms. The summed E-state index contributed by atoms with van der Waals surface area (Å²) in [6.07, 6.45) is 3.45. The summed E-state index contributed by atoms with van der Waals surface area (Å²) in [5.74, 6) is -0.330. The Morgan fingerprint density at radius 3 is 2.21 bits per heavy atom. The van der Waals surface area contributed by atoms with Crippen molar-refractivity contribution in [3.63, 3.8) is 0 Å². The minimum atomic E-state index is -0.788. The maximum atomic E-state index is 11.4. The first kappa shape index (κ1) is 15.9. The van der Waals surface area contributed by atoms with Crippen LogP contribution < -0.4 is 16.8 Å². The van der Waals surface area contributed by atoms with Gasteiger partial charge in [-0.3, -0.25) is 15.0 Å². The van der Waals surface area contributed by atoms with Gasteiger partial charge in [0.1, 0.15) is 0 Å². The van der Waals surface area contributed by atoms with Crippen LogP contribution in [0.4, 0.5) is 4.79 Å². The number of carbonyl (C=O) groups is 2. The van der Waals surface area contributed by atoms with Crippen molar-refractivity contribution in [2.75, 3.05) is 45.8 Å². The van der Waals surface area contributed by atoms with Gasteiger partial charge in [0, 0.05) is 26.2 Å². The number of nitrogens with one attached hydrogen (secondary N) is 1. The molecule has 0 radical (unpaired) electrons. The molecule has 1 aliphatic rings. The van der Waals surface area contributed by atoms with Gasteiger partial charge in [-0.05, 0) is 25.9 Å². The number of nitrogens with two attached hydrogens (primary N) is 2. The van der Waals surface area contributed by atoms with Crippen LogP contribution in [0.2, 0.25) is 0 Å². The van der Waals surface area contributed by atoms with Crippen molar-refractivity contribution in [2.45, 2.75) is 19.3 Å². The van der Waals surface area contributed by atoms with Gasteiger partial charge in [0.25, 0.3) is 0 Å². The van der Waals surface area contributed by atoms with E-state index in [4.69, 9.17) is 11.5 Å². The molecule has 7 nitrogen and oxygen atoms in total. The van der Waals surface area contributed by atoms with Gasteiger partial charge in [0.15, 0.2) is 0 Å². The van der Waals surface area contributed by atoms with E-state index in [2.05, 4.69) is 10.2 Å². The summed E-state index contributed by atoms with van der Waals surface area (Å²) >= 11 is 0. The third kappa shape index (κ3) is 7.09. The molecule has 1 aliphatic heterocycles. The number of imide groups is 1. The van der Waals surface area contributed by atoms with Gasteiger partial charge in [0.2, 0.25) is 5.91 Å². The summed E-state index contributed by atoms with van der Waals surface area (Å²) in [5, 5.41) is 2.08. The van der Waals surface area contributed by atoms with Crippen LogP contribution in [-0.2, 0) is 4.79 Å². The molecule has 1 rings (SSSR count). The maximum absolute atomic E-state index is 11.4. The lowest BCUT2D eigenvalue weighted by Crippen LogP contribution is -2.50. The van der Waals surface area contributed by atoms with Gasteiger partial charge in [0.05, 0.1) is 6.54 Å². The van der Waals surface area contributed by atoms with Gasteiger partial charge < -0.3 is 16.4 Å². The third-order valence-electron chi connectivity index (χ3n) is 3.27. The van der Waals surface area contributed by atoms with Gasteiger partial charge in [-0.1, -0.05) is 6.42 Å². The van der Waals surface area contributed by atoms with E-state index in [0.29, 0.717) is 0 Å². The highest BCUT2D eigenvalue weighted by Crippen LogP contribution is 2.04. The Balaban J connectivity index is 2.11. The van der Waals surface area contributed by atoms with Crippen molar-refractivity contribution in [3.8, 4) is 0 Å². The SMILES string of the molecule is NCCCCCN1CCN(CC(=O)NC(N)=O)CC1. The molecule has 0 aromatic carbocycles. The van der Waals surface area contributed by atoms with Gasteiger partial charge >= 0.3 is 6.03 Å². The molecular weight excluding hydrogens is 246 g/mol. The fourth-order valence-corrected chi connectivity index (χ4v) is 2.21. The molecule has 5 N–H and O–H groups in total. The molecule has 0 aromatic heterocycles. The molecule has 1 fully saturated rings. The van der Waals surface area contributed by atoms with Crippen molar-refractivity contribution < 1.29 is 9.59 Å². The fraction of sp³-hybridized carbons (Fsp3) is 0.833. The molecule has 110 valence electrons. The van der Waals surface area contributed by atoms with E-state index in [0.717, 1.165) is 45.7 Å². The molecule has 1 saturated heterocycles. The molecule has 19 heavy (non-hydrogen) atoms. The Bertz CT molecular complexity index is 290. The zero-order chi connectivity index (χ0) is 14.1. The Morgan fingerprint density at radius 2 is 1.63 bits per heavy atom. The molecular formula is C12H25N5O2. The topological polar surface area (TPSA) is 105 Å². The van der Waals surface area contributed by atoms with E-state index < -0.39 is 6.03 Å². The highest BCUT2D eigenvalue weighted by atomic mass is 16.2. The van der Waals surface area contributed by atoms with Gasteiger partial charge in [-0.2, -0.15) is 0 Å². The second kappa shape index (κ2) is 8.84. The normalized spacial score (nSPS) is 17.3. The second-order valence-electron chi connectivity index (χ2n) is 4.88. The number of amides is 3. The Morgan fingerprint density at radius 1 is 1.00 bits per heavy atom. The van der Waals surface area contributed by atoms with E-state index in [1.165, 1.54) is 12.8 Å². The zero-order valence-corrected chi connectivity index (χ0v) is 11.4. The first-order valence-corrected chi connectivity index (χ1v) is 6.86. The average molecular weight is 271 g/mol. The lowest BCUT2D eigenvalue weighted by Gasteiger charge is -2.34. The van der Waals surface area contributed by atoms with Crippen molar-refractivity contribution in [1.82, 2.24) is 15.1 Å². The number of nitrogens with zero attached hydrogens (tertiary/aromatic N) is 2. The molecule has 7 heteroatoms. The quantitative estimate of drug-likeness (QED) is 0.511. The summed E-state index contributed by atoms with van der Waals surface area (Å²) in [5.41, 5.74) is 10.3.